The molecule has 2 amide bonds. The molecule has 33 heavy (non-hydrogen) atoms. The van der Waals surface area contributed by atoms with E-state index in [4.69, 9.17) is 4.74 Å². The molecule has 1 aliphatic rings. The molecule has 168 valence electrons. The summed E-state index contributed by atoms with van der Waals surface area (Å²) in [4.78, 5) is 24.8. The molecule has 1 heterocycles. The standard InChI is InChI=1S/C24H16F4N2O3/c25-19-7-3-2-6-17(19)23(32)29-16-9-10-20(18(12-16)24(26,27)28)30-22(31)15-11-14-5-1-4-8-21(14)33-13-15/h1-12H,13H2,(H,29,32)(H,30,31). The van der Waals surface area contributed by atoms with Gasteiger partial charge in [0.15, 0.2) is 0 Å². The van der Waals surface area contributed by atoms with Crippen LogP contribution in [0.5, 0.6) is 5.75 Å². The van der Waals surface area contributed by atoms with Crippen LogP contribution in [0.25, 0.3) is 6.08 Å². The van der Waals surface area contributed by atoms with E-state index in [2.05, 4.69) is 10.6 Å². The molecule has 3 aromatic carbocycles. The minimum Gasteiger partial charge on any atom is -0.488 e. The van der Waals surface area contributed by atoms with Crippen molar-refractivity contribution in [1.82, 2.24) is 0 Å². The second kappa shape index (κ2) is 8.78. The van der Waals surface area contributed by atoms with Crippen molar-refractivity contribution >= 4 is 29.3 Å². The van der Waals surface area contributed by atoms with Crippen LogP contribution in [-0.4, -0.2) is 18.4 Å². The van der Waals surface area contributed by atoms with Crippen molar-refractivity contribution in [3.8, 4) is 5.75 Å². The highest BCUT2D eigenvalue weighted by Gasteiger charge is 2.35. The predicted octanol–water partition coefficient (Wildman–Crippen LogP) is 5.51. The lowest BCUT2D eigenvalue weighted by Crippen LogP contribution is -2.23. The minimum absolute atomic E-state index is 0.0963. The van der Waals surface area contributed by atoms with Crippen molar-refractivity contribution < 1.29 is 31.9 Å². The molecule has 0 saturated heterocycles. The van der Waals surface area contributed by atoms with E-state index in [1.54, 1.807) is 30.3 Å². The zero-order valence-electron chi connectivity index (χ0n) is 16.9. The highest BCUT2D eigenvalue weighted by atomic mass is 19.4. The summed E-state index contributed by atoms with van der Waals surface area (Å²) < 4.78 is 60.3. The van der Waals surface area contributed by atoms with Crippen molar-refractivity contribution in [3.05, 3.63) is 94.8 Å². The molecule has 0 saturated carbocycles. The number of fused-ring (bicyclic) bond motifs is 1. The first kappa shape index (κ1) is 22.1. The SMILES string of the molecule is O=C(Nc1ccc(NC(=O)c2ccccc2F)cc1C(F)(F)F)C1=Cc2ccccc2OC1. The Balaban J connectivity index is 1.58. The maximum atomic E-state index is 13.8. The Hall–Kier alpha value is -4.14. The number of hydrogen-bond acceptors (Lipinski definition) is 3. The van der Waals surface area contributed by atoms with Gasteiger partial charge < -0.3 is 15.4 Å². The molecule has 4 rings (SSSR count). The molecule has 9 heteroatoms. The van der Waals surface area contributed by atoms with Crippen LogP contribution in [0, 0.1) is 5.82 Å². The van der Waals surface area contributed by atoms with Gasteiger partial charge in [0.1, 0.15) is 18.2 Å². The molecule has 0 bridgehead atoms. The van der Waals surface area contributed by atoms with E-state index in [-0.39, 0.29) is 23.4 Å². The third-order valence-electron chi connectivity index (χ3n) is 4.87. The lowest BCUT2D eigenvalue weighted by Gasteiger charge is -2.19. The molecule has 1 aliphatic heterocycles. The summed E-state index contributed by atoms with van der Waals surface area (Å²) >= 11 is 0. The molecule has 0 aliphatic carbocycles. The average Bonchev–Trinajstić information content (AvgIpc) is 2.79. The normalized spacial score (nSPS) is 12.8. The van der Waals surface area contributed by atoms with Crippen molar-refractivity contribution in [1.29, 1.82) is 0 Å². The fourth-order valence-electron chi connectivity index (χ4n) is 3.26. The maximum absolute atomic E-state index is 13.8. The van der Waals surface area contributed by atoms with E-state index in [1.165, 1.54) is 24.3 Å². The van der Waals surface area contributed by atoms with Crippen LogP contribution >= 0.6 is 0 Å². The zero-order valence-corrected chi connectivity index (χ0v) is 16.9. The van der Waals surface area contributed by atoms with Gasteiger partial charge in [-0.1, -0.05) is 30.3 Å². The molecule has 5 nitrogen and oxygen atoms in total. The molecular weight excluding hydrogens is 440 g/mol. The molecule has 0 spiro atoms. The van der Waals surface area contributed by atoms with Gasteiger partial charge in [-0.15, -0.1) is 0 Å². The van der Waals surface area contributed by atoms with Gasteiger partial charge >= 0.3 is 6.18 Å². The molecule has 0 aromatic heterocycles. The third kappa shape index (κ3) is 4.87. The quantitative estimate of drug-likeness (QED) is 0.509. The Morgan fingerprint density at radius 2 is 1.61 bits per heavy atom. The molecule has 0 fully saturated rings. The summed E-state index contributed by atoms with van der Waals surface area (Å²) in [7, 11) is 0. The Kier molecular flexibility index (Phi) is 5.87. The number of carbonyl (C=O) groups is 2. The van der Waals surface area contributed by atoms with Crippen LogP contribution < -0.4 is 15.4 Å². The van der Waals surface area contributed by atoms with Gasteiger partial charge in [-0.2, -0.15) is 13.2 Å². The fourth-order valence-corrected chi connectivity index (χ4v) is 3.26. The van der Waals surface area contributed by atoms with Crippen LogP contribution in [-0.2, 0) is 11.0 Å². The van der Waals surface area contributed by atoms with E-state index in [1.807, 2.05) is 0 Å². The predicted molar refractivity (Wildman–Crippen MR) is 114 cm³/mol. The Morgan fingerprint density at radius 1 is 0.879 bits per heavy atom. The number of carbonyl (C=O) groups excluding carboxylic acids is 2. The average molecular weight is 456 g/mol. The summed E-state index contributed by atoms with van der Waals surface area (Å²) in [6.07, 6.45) is -3.28. The molecule has 0 atom stereocenters. The van der Waals surface area contributed by atoms with Gasteiger partial charge in [0.25, 0.3) is 11.8 Å². The Bertz CT molecular complexity index is 1270. The van der Waals surface area contributed by atoms with Crippen LogP contribution in [0.4, 0.5) is 28.9 Å². The van der Waals surface area contributed by atoms with Gasteiger partial charge in [-0.3, -0.25) is 9.59 Å². The number of hydrogen-bond donors (Lipinski definition) is 2. The molecule has 0 unspecified atom stereocenters. The molecule has 3 aromatic rings. The van der Waals surface area contributed by atoms with E-state index in [0.717, 1.165) is 12.1 Å². The second-order valence-corrected chi connectivity index (χ2v) is 7.14. The third-order valence-corrected chi connectivity index (χ3v) is 4.87. The zero-order chi connectivity index (χ0) is 23.6. The largest absolute Gasteiger partial charge is 0.488 e. The first-order valence-corrected chi connectivity index (χ1v) is 9.73. The first-order chi connectivity index (χ1) is 15.7. The summed E-state index contributed by atoms with van der Waals surface area (Å²) in [5, 5.41) is 4.50. The minimum atomic E-state index is -4.83. The van der Waals surface area contributed by atoms with Gasteiger partial charge in [0.2, 0.25) is 0 Å². The number of nitrogens with one attached hydrogen (secondary N) is 2. The van der Waals surface area contributed by atoms with Crippen molar-refractivity contribution in [2.24, 2.45) is 0 Å². The van der Waals surface area contributed by atoms with Crippen LogP contribution in [0.15, 0.2) is 72.3 Å². The van der Waals surface area contributed by atoms with Gasteiger partial charge in [0, 0.05) is 11.3 Å². The molecule has 2 N–H and O–H groups in total. The fraction of sp³-hybridized carbons (Fsp3) is 0.0833. The van der Waals surface area contributed by atoms with Gasteiger partial charge in [-0.25, -0.2) is 4.39 Å². The number of anilines is 2. The van der Waals surface area contributed by atoms with Crippen molar-refractivity contribution in [2.75, 3.05) is 17.2 Å². The smallest absolute Gasteiger partial charge is 0.418 e. The Labute approximate surface area is 185 Å². The summed E-state index contributed by atoms with van der Waals surface area (Å²) in [5.74, 6) is -1.89. The van der Waals surface area contributed by atoms with E-state index >= 15 is 0 Å². The lowest BCUT2D eigenvalue weighted by atomic mass is 10.1. The van der Waals surface area contributed by atoms with Gasteiger partial charge in [0.05, 0.1) is 22.4 Å². The van der Waals surface area contributed by atoms with E-state index < -0.39 is 35.1 Å². The number of amides is 2. The van der Waals surface area contributed by atoms with E-state index in [0.29, 0.717) is 17.4 Å². The topological polar surface area (TPSA) is 67.4 Å². The number of rotatable bonds is 4. The van der Waals surface area contributed by atoms with Gasteiger partial charge in [-0.05, 0) is 42.5 Å². The first-order valence-electron chi connectivity index (χ1n) is 9.73. The summed E-state index contributed by atoms with van der Waals surface area (Å²) in [5.41, 5.74) is -1.39. The summed E-state index contributed by atoms with van der Waals surface area (Å²) in [6, 6.07) is 14.9. The maximum Gasteiger partial charge on any atom is 0.418 e. The summed E-state index contributed by atoms with van der Waals surface area (Å²) in [6.45, 7) is -0.0963. The number of alkyl halides is 3. The number of para-hydroxylation sites is 1. The van der Waals surface area contributed by atoms with Crippen LogP contribution in [0.1, 0.15) is 21.5 Å². The lowest BCUT2D eigenvalue weighted by molar-refractivity contribution is -0.136. The number of halogens is 4. The number of benzene rings is 3. The van der Waals surface area contributed by atoms with E-state index in [9.17, 15) is 27.2 Å². The van der Waals surface area contributed by atoms with Crippen molar-refractivity contribution in [3.63, 3.8) is 0 Å². The van der Waals surface area contributed by atoms with Crippen LogP contribution in [0.3, 0.4) is 0 Å². The highest BCUT2D eigenvalue weighted by molar-refractivity contribution is 6.08. The highest BCUT2D eigenvalue weighted by Crippen LogP contribution is 2.37. The molecule has 0 radical (unpaired) electrons. The Morgan fingerprint density at radius 3 is 2.36 bits per heavy atom. The van der Waals surface area contributed by atoms with Crippen molar-refractivity contribution in [2.45, 2.75) is 6.18 Å². The second-order valence-electron chi connectivity index (χ2n) is 7.14. The monoisotopic (exact) mass is 456 g/mol. The van der Waals surface area contributed by atoms with Crippen LogP contribution in [0.2, 0.25) is 0 Å². The molecular formula is C24H16F4N2O3. The number of ether oxygens (including phenoxy) is 1.